The normalized spacial score (nSPS) is 11.6. The number of aryl methyl sites for hydroxylation is 2. The Bertz CT molecular complexity index is 1330. The van der Waals surface area contributed by atoms with Crippen molar-refractivity contribution in [2.24, 2.45) is 15.9 Å². The molecule has 0 saturated heterocycles. The zero-order valence-corrected chi connectivity index (χ0v) is 19.6. The molecule has 2 aromatic heterocycles. The van der Waals surface area contributed by atoms with Crippen molar-refractivity contribution in [3.8, 4) is 0 Å². The molecule has 4 rings (SSSR count). The van der Waals surface area contributed by atoms with E-state index in [0.717, 1.165) is 45.4 Å². The molecule has 2 heterocycles. The molecule has 0 atom stereocenters. The molecule has 4 N–H and O–H groups in total. The minimum atomic E-state index is 0.568. The molecule has 0 aliphatic carbocycles. The van der Waals surface area contributed by atoms with Gasteiger partial charge in [-0.3, -0.25) is 15.0 Å². The second kappa shape index (κ2) is 10.6. The van der Waals surface area contributed by atoms with Gasteiger partial charge in [-0.05, 0) is 68.4 Å². The van der Waals surface area contributed by atoms with E-state index >= 15 is 0 Å². The van der Waals surface area contributed by atoms with E-state index in [1.54, 1.807) is 18.6 Å². The number of nitrogens with one attached hydrogen (secondary N) is 2. The summed E-state index contributed by atoms with van der Waals surface area (Å²) >= 11 is 6.32. The first kappa shape index (κ1) is 22.9. The van der Waals surface area contributed by atoms with Crippen LogP contribution in [0, 0.1) is 13.8 Å². The van der Waals surface area contributed by atoms with Gasteiger partial charge < -0.3 is 16.5 Å². The largest absolute Gasteiger partial charge is 0.355 e. The number of nitrogens with zero attached hydrogens (tertiary/aromatic N) is 4. The maximum absolute atomic E-state index is 6.32. The van der Waals surface area contributed by atoms with Crippen LogP contribution in [-0.4, -0.2) is 21.9 Å². The quantitative estimate of drug-likeness (QED) is 0.167. The highest BCUT2D eigenvalue weighted by Gasteiger charge is 2.06. The first-order chi connectivity index (χ1) is 16.5. The number of nitrogens with two attached hydrogens (primary N) is 1. The molecule has 34 heavy (non-hydrogen) atoms. The predicted molar refractivity (Wildman–Crippen MR) is 141 cm³/mol. The van der Waals surface area contributed by atoms with Crippen LogP contribution in [0.3, 0.4) is 0 Å². The van der Waals surface area contributed by atoms with Gasteiger partial charge >= 0.3 is 0 Å². The molecule has 0 radical (unpaired) electrons. The lowest BCUT2D eigenvalue weighted by Crippen LogP contribution is -2.06. The number of aliphatic imine (C=N–C) groups is 1. The molecule has 4 aromatic rings. The molecule has 2 aromatic carbocycles. The average molecular weight is 470 g/mol. The van der Waals surface area contributed by atoms with Crippen LogP contribution in [0.4, 0.5) is 28.4 Å². The third-order valence-electron chi connectivity index (χ3n) is 5.05. The van der Waals surface area contributed by atoms with E-state index in [4.69, 9.17) is 17.4 Å². The fourth-order valence-electron chi connectivity index (χ4n) is 3.26. The summed E-state index contributed by atoms with van der Waals surface area (Å²) in [5.74, 6) is 5.63. The minimum Gasteiger partial charge on any atom is -0.355 e. The predicted octanol–water partition coefficient (Wildman–Crippen LogP) is 6.30. The van der Waals surface area contributed by atoms with E-state index in [9.17, 15) is 0 Å². The molecule has 8 heteroatoms. The first-order valence-electron chi connectivity index (χ1n) is 10.6. The van der Waals surface area contributed by atoms with Crippen LogP contribution in [0.25, 0.3) is 0 Å². The van der Waals surface area contributed by atoms with E-state index < -0.39 is 0 Å². The van der Waals surface area contributed by atoms with Crippen LogP contribution >= 0.6 is 11.6 Å². The van der Waals surface area contributed by atoms with Gasteiger partial charge in [0.2, 0.25) is 0 Å². The number of anilines is 4. The van der Waals surface area contributed by atoms with Gasteiger partial charge in [0, 0.05) is 40.7 Å². The smallest absolute Gasteiger partial charge is 0.108 e. The van der Waals surface area contributed by atoms with E-state index in [-0.39, 0.29) is 0 Å². The second-order valence-electron chi connectivity index (χ2n) is 7.59. The standard InChI is InChI=1S/C26H24ClN7/c1-17-15-23(11-13-29-17)32-21-9-7-20(8-10-21)31-16-25(34-28)19-3-5-22(6-4-19)33-24-12-14-30-18(2)26(24)27/h3-16H,28H2,1-2H3,(H,29,32)(H,30,33)/b31-16?,34-25+. The molecular weight excluding hydrogens is 446 g/mol. The highest BCUT2D eigenvalue weighted by Crippen LogP contribution is 2.27. The molecule has 0 unspecified atom stereocenters. The summed E-state index contributed by atoms with van der Waals surface area (Å²) in [5.41, 5.74) is 7.57. The number of aromatic nitrogens is 2. The summed E-state index contributed by atoms with van der Waals surface area (Å²) < 4.78 is 0. The van der Waals surface area contributed by atoms with Crippen LogP contribution in [0.15, 0.2) is 89.2 Å². The Hall–Kier alpha value is -4.23. The number of rotatable bonds is 7. The summed E-state index contributed by atoms with van der Waals surface area (Å²) in [6.07, 6.45) is 5.15. The summed E-state index contributed by atoms with van der Waals surface area (Å²) in [6.45, 7) is 3.83. The Morgan fingerprint density at radius 3 is 2.24 bits per heavy atom. The van der Waals surface area contributed by atoms with Crippen molar-refractivity contribution >= 4 is 52.0 Å². The number of benzene rings is 2. The maximum atomic E-state index is 6.32. The van der Waals surface area contributed by atoms with Crippen molar-refractivity contribution in [2.45, 2.75) is 13.8 Å². The molecule has 170 valence electrons. The molecule has 7 nitrogen and oxygen atoms in total. The van der Waals surface area contributed by atoms with Crippen LogP contribution in [-0.2, 0) is 0 Å². The van der Waals surface area contributed by atoms with Crippen LogP contribution in [0.1, 0.15) is 17.0 Å². The third-order valence-corrected chi connectivity index (χ3v) is 5.53. The van der Waals surface area contributed by atoms with Gasteiger partial charge in [-0.15, -0.1) is 0 Å². The fourth-order valence-corrected chi connectivity index (χ4v) is 3.42. The molecule has 0 bridgehead atoms. The molecule has 0 aliphatic heterocycles. The monoisotopic (exact) mass is 469 g/mol. The van der Waals surface area contributed by atoms with Gasteiger partial charge in [-0.25, -0.2) is 0 Å². The number of hydrogen-bond donors (Lipinski definition) is 3. The van der Waals surface area contributed by atoms with Crippen molar-refractivity contribution in [3.63, 3.8) is 0 Å². The van der Waals surface area contributed by atoms with E-state index in [1.807, 2.05) is 80.6 Å². The van der Waals surface area contributed by atoms with Gasteiger partial charge in [0.1, 0.15) is 5.71 Å². The average Bonchev–Trinajstić information content (AvgIpc) is 2.84. The maximum Gasteiger partial charge on any atom is 0.108 e. The molecule has 0 saturated carbocycles. The molecule has 0 amide bonds. The lowest BCUT2D eigenvalue weighted by atomic mass is 10.1. The Labute approximate surface area is 203 Å². The molecular formula is C26H24ClN7. The van der Waals surface area contributed by atoms with Gasteiger partial charge in [-0.1, -0.05) is 23.7 Å². The highest BCUT2D eigenvalue weighted by atomic mass is 35.5. The van der Waals surface area contributed by atoms with Gasteiger partial charge in [0.25, 0.3) is 0 Å². The highest BCUT2D eigenvalue weighted by molar-refractivity contribution is 6.38. The van der Waals surface area contributed by atoms with Crippen LogP contribution < -0.4 is 16.5 Å². The summed E-state index contributed by atoms with van der Waals surface area (Å²) in [4.78, 5) is 12.9. The van der Waals surface area contributed by atoms with Crippen molar-refractivity contribution in [1.29, 1.82) is 0 Å². The summed E-state index contributed by atoms with van der Waals surface area (Å²) in [6, 6.07) is 21.2. The van der Waals surface area contributed by atoms with E-state index in [1.165, 1.54) is 0 Å². The van der Waals surface area contributed by atoms with Crippen LogP contribution in [0.2, 0.25) is 5.02 Å². The number of hydrogen-bond acceptors (Lipinski definition) is 7. The number of pyridine rings is 2. The summed E-state index contributed by atoms with van der Waals surface area (Å²) in [7, 11) is 0. The Morgan fingerprint density at radius 1 is 0.853 bits per heavy atom. The fraction of sp³-hybridized carbons (Fsp3) is 0.0769. The Kier molecular flexibility index (Phi) is 7.15. The second-order valence-corrected chi connectivity index (χ2v) is 7.97. The van der Waals surface area contributed by atoms with Crippen molar-refractivity contribution < 1.29 is 0 Å². The minimum absolute atomic E-state index is 0.568. The zero-order chi connectivity index (χ0) is 23.9. The molecule has 0 spiro atoms. The Morgan fingerprint density at radius 2 is 1.53 bits per heavy atom. The zero-order valence-electron chi connectivity index (χ0n) is 18.8. The first-order valence-corrected chi connectivity index (χ1v) is 11.0. The van der Waals surface area contributed by atoms with Crippen molar-refractivity contribution in [3.05, 3.63) is 101 Å². The number of hydrazone groups is 1. The topological polar surface area (TPSA) is 101 Å². The lowest BCUT2D eigenvalue weighted by molar-refractivity contribution is 1.20. The van der Waals surface area contributed by atoms with Crippen molar-refractivity contribution in [1.82, 2.24) is 9.97 Å². The third kappa shape index (κ3) is 5.76. The number of halogens is 1. The van der Waals surface area contributed by atoms with Crippen molar-refractivity contribution in [2.75, 3.05) is 10.6 Å². The SMILES string of the molecule is Cc1cc(Nc2ccc(N=C/C(=N\N)c3ccc(Nc4ccnc(C)c4Cl)cc3)cc2)ccn1. The van der Waals surface area contributed by atoms with Crippen LogP contribution in [0.5, 0.6) is 0 Å². The summed E-state index contributed by atoms with van der Waals surface area (Å²) in [5, 5.41) is 11.1. The van der Waals surface area contributed by atoms with Gasteiger partial charge in [0.05, 0.1) is 28.3 Å². The van der Waals surface area contributed by atoms with E-state index in [2.05, 4.69) is 30.7 Å². The van der Waals surface area contributed by atoms with Gasteiger partial charge in [0.15, 0.2) is 0 Å². The van der Waals surface area contributed by atoms with Gasteiger partial charge in [-0.2, -0.15) is 5.10 Å². The van der Waals surface area contributed by atoms with E-state index in [0.29, 0.717) is 10.7 Å². The molecule has 0 fully saturated rings. The molecule has 0 aliphatic rings. The lowest BCUT2D eigenvalue weighted by Gasteiger charge is -2.10. The Balaban J connectivity index is 1.41.